The summed E-state index contributed by atoms with van der Waals surface area (Å²) < 4.78 is 0. The van der Waals surface area contributed by atoms with Crippen LogP contribution in [-0.2, 0) is 0 Å². The van der Waals surface area contributed by atoms with Crippen molar-refractivity contribution in [3.8, 4) is 5.69 Å². The maximum absolute atomic E-state index is 13.8. The lowest BCUT2D eigenvalue weighted by molar-refractivity contribution is 0.0704. The molecule has 0 radical (unpaired) electrons. The smallest absolute Gasteiger partial charge is 0.256 e. The van der Waals surface area contributed by atoms with Gasteiger partial charge in [-0.25, -0.2) is 9.97 Å². The predicted octanol–water partition coefficient (Wildman–Crippen LogP) is 3.34. The quantitative estimate of drug-likeness (QED) is 0.513. The number of nitrogens with zero attached hydrogens (tertiary/aromatic N) is 6. The zero-order chi connectivity index (χ0) is 22.5. The maximum atomic E-state index is 13.8. The number of anilines is 1. The van der Waals surface area contributed by atoms with Crippen molar-refractivity contribution in [3.05, 3.63) is 72.2 Å². The Morgan fingerprint density at radius 1 is 1.15 bits per heavy atom. The Hall–Kier alpha value is -3.81. The van der Waals surface area contributed by atoms with Gasteiger partial charge in [-0.15, -0.1) is 0 Å². The number of hydrogen-bond acceptors (Lipinski definition) is 6. The second-order valence-electron chi connectivity index (χ2n) is 9.10. The molecule has 6 rings (SSSR count). The van der Waals surface area contributed by atoms with E-state index < -0.39 is 0 Å². The van der Waals surface area contributed by atoms with Crippen LogP contribution in [-0.4, -0.2) is 54.9 Å². The lowest BCUT2D eigenvalue weighted by Gasteiger charge is -2.29. The van der Waals surface area contributed by atoms with E-state index in [4.69, 9.17) is 0 Å². The molecule has 8 nitrogen and oxygen atoms in total. The minimum absolute atomic E-state index is 0.0247. The topological polar surface area (TPSA) is 88.8 Å². The highest BCUT2D eigenvalue weighted by Gasteiger charge is 2.59. The molecular weight excluding hydrogens is 414 g/mol. The van der Waals surface area contributed by atoms with Gasteiger partial charge in [0.15, 0.2) is 0 Å². The molecule has 2 aromatic heterocycles. The van der Waals surface area contributed by atoms with Crippen molar-refractivity contribution in [2.24, 2.45) is 17.8 Å². The number of hydrogen-bond donors (Lipinski definition) is 1. The number of carbonyl (C=O) groups is 1. The summed E-state index contributed by atoms with van der Waals surface area (Å²) in [5.74, 6) is 2.29. The van der Waals surface area contributed by atoms with Gasteiger partial charge in [0.25, 0.3) is 5.91 Å². The molecule has 3 unspecified atom stereocenters. The SMILES string of the molecule is Cc1ccc(-n2nccn2)c(C(=O)N2CC3C(C2CNc2ncc4ccccc4n2)[C@@H]3C)c1. The summed E-state index contributed by atoms with van der Waals surface area (Å²) in [5.41, 5.74) is 3.27. The van der Waals surface area contributed by atoms with E-state index in [9.17, 15) is 4.79 Å². The van der Waals surface area contributed by atoms with Crippen molar-refractivity contribution in [2.45, 2.75) is 19.9 Å². The Morgan fingerprint density at radius 2 is 1.97 bits per heavy atom. The first-order chi connectivity index (χ1) is 16.1. The van der Waals surface area contributed by atoms with E-state index in [0.29, 0.717) is 41.5 Å². The Labute approximate surface area is 191 Å². The van der Waals surface area contributed by atoms with E-state index >= 15 is 0 Å². The van der Waals surface area contributed by atoms with Gasteiger partial charge in [-0.1, -0.05) is 36.8 Å². The van der Waals surface area contributed by atoms with Gasteiger partial charge in [0.2, 0.25) is 5.95 Å². The summed E-state index contributed by atoms with van der Waals surface area (Å²) in [6.07, 6.45) is 5.08. The number of amides is 1. The standard InChI is InChI=1S/C25H25N7O/c1-15-7-8-21(32-28-9-10-29-32)18(11-15)24(33)31-14-19-16(2)23(19)22(31)13-27-25-26-12-17-5-3-4-6-20(17)30-25/h3-12,16,19,22-23H,13-14H2,1-2H3,(H,26,27,30)/t16-,19?,22?,23?/m1/s1. The fourth-order valence-corrected chi connectivity index (χ4v) is 5.30. The number of aromatic nitrogens is 5. The van der Waals surface area contributed by atoms with Gasteiger partial charge in [-0.05, 0) is 42.9 Å². The lowest BCUT2D eigenvalue weighted by atomic mass is 10.1. The summed E-state index contributed by atoms with van der Waals surface area (Å²) in [6.45, 7) is 5.67. The molecule has 33 heavy (non-hydrogen) atoms. The fraction of sp³-hybridized carbons (Fsp3) is 0.320. The summed E-state index contributed by atoms with van der Waals surface area (Å²) in [5, 5.41) is 12.9. The third-order valence-electron chi connectivity index (χ3n) is 7.12. The zero-order valence-corrected chi connectivity index (χ0v) is 18.6. The maximum Gasteiger partial charge on any atom is 0.256 e. The van der Waals surface area contributed by atoms with Crippen LogP contribution in [0.2, 0.25) is 0 Å². The van der Waals surface area contributed by atoms with Crippen LogP contribution in [0, 0.1) is 24.7 Å². The molecule has 166 valence electrons. The molecule has 1 amide bonds. The van der Waals surface area contributed by atoms with Gasteiger partial charge >= 0.3 is 0 Å². The number of likely N-dealkylation sites (tertiary alicyclic amines) is 1. The van der Waals surface area contributed by atoms with Crippen molar-refractivity contribution in [1.29, 1.82) is 0 Å². The fourth-order valence-electron chi connectivity index (χ4n) is 5.30. The monoisotopic (exact) mass is 439 g/mol. The molecule has 2 fully saturated rings. The predicted molar refractivity (Wildman–Crippen MR) is 125 cm³/mol. The number of piperidine rings is 1. The van der Waals surface area contributed by atoms with Crippen LogP contribution in [0.3, 0.4) is 0 Å². The highest BCUT2D eigenvalue weighted by Crippen LogP contribution is 2.55. The van der Waals surface area contributed by atoms with E-state index in [1.165, 1.54) is 4.80 Å². The minimum Gasteiger partial charge on any atom is -0.352 e. The Balaban J connectivity index is 1.27. The summed E-state index contributed by atoms with van der Waals surface area (Å²) in [4.78, 5) is 26.4. The van der Waals surface area contributed by atoms with Crippen molar-refractivity contribution in [3.63, 3.8) is 0 Å². The second kappa shape index (κ2) is 7.65. The van der Waals surface area contributed by atoms with E-state index in [-0.39, 0.29) is 11.9 Å². The molecule has 4 atom stereocenters. The summed E-state index contributed by atoms with van der Waals surface area (Å²) >= 11 is 0. The van der Waals surface area contributed by atoms with Gasteiger partial charge in [0.05, 0.1) is 35.2 Å². The molecule has 0 spiro atoms. The molecule has 1 aliphatic carbocycles. The number of fused-ring (bicyclic) bond motifs is 2. The molecule has 3 heterocycles. The van der Waals surface area contributed by atoms with Crippen LogP contribution in [0.25, 0.3) is 16.6 Å². The average Bonchev–Trinajstić information content (AvgIpc) is 3.21. The van der Waals surface area contributed by atoms with Crippen LogP contribution in [0.5, 0.6) is 0 Å². The van der Waals surface area contributed by atoms with Crippen molar-refractivity contribution in [1.82, 2.24) is 29.9 Å². The third kappa shape index (κ3) is 3.42. The summed E-state index contributed by atoms with van der Waals surface area (Å²) in [7, 11) is 0. The van der Waals surface area contributed by atoms with Crippen LogP contribution < -0.4 is 5.32 Å². The minimum atomic E-state index is 0.0247. The zero-order valence-electron chi connectivity index (χ0n) is 18.6. The number of nitrogens with one attached hydrogen (secondary N) is 1. The van der Waals surface area contributed by atoms with Crippen molar-refractivity contribution < 1.29 is 4.79 Å². The Bertz CT molecular complexity index is 1340. The van der Waals surface area contributed by atoms with Crippen LogP contribution in [0.15, 0.2) is 61.1 Å². The normalized spacial score (nSPS) is 23.5. The Morgan fingerprint density at radius 3 is 2.82 bits per heavy atom. The van der Waals surface area contributed by atoms with Gasteiger partial charge < -0.3 is 10.2 Å². The van der Waals surface area contributed by atoms with E-state index in [0.717, 1.165) is 23.0 Å². The molecule has 2 aromatic carbocycles. The molecule has 1 aliphatic heterocycles. The second-order valence-corrected chi connectivity index (χ2v) is 9.10. The first-order valence-corrected chi connectivity index (χ1v) is 11.3. The first-order valence-electron chi connectivity index (χ1n) is 11.3. The number of carbonyl (C=O) groups excluding carboxylic acids is 1. The first kappa shape index (κ1) is 19.8. The summed E-state index contributed by atoms with van der Waals surface area (Å²) in [6, 6.07) is 13.9. The van der Waals surface area contributed by atoms with Crippen LogP contribution in [0.1, 0.15) is 22.8 Å². The number of benzene rings is 2. The van der Waals surface area contributed by atoms with Gasteiger partial charge in [-0.2, -0.15) is 15.0 Å². The molecule has 4 aromatic rings. The van der Waals surface area contributed by atoms with Crippen LogP contribution >= 0.6 is 0 Å². The van der Waals surface area contributed by atoms with E-state index in [2.05, 4.69) is 32.4 Å². The largest absolute Gasteiger partial charge is 0.352 e. The highest BCUT2D eigenvalue weighted by atomic mass is 16.2. The number of rotatable bonds is 5. The average molecular weight is 440 g/mol. The van der Waals surface area contributed by atoms with E-state index in [1.54, 1.807) is 12.4 Å². The lowest BCUT2D eigenvalue weighted by Crippen LogP contribution is -2.43. The third-order valence-corrected chi connectivity index (χ3v) is 7.12. The van der Waals surface area contributed by atoms with Gasteiger partial charge in [-0.3, -0.25) is 4.79 Å². The molecule has 1 saturated carbocycles. The number of para-hydroxylation sites is 1. The van der Waals surface area contributed by atoms with Gasteiger partial charge in [0, 0.05) is 24.7 Å². The molecular formula is C25H25N7O. The van der Waals surface area contributed by atoms with Crippen molar-refractivity contribution >= 4 is 22.8 Å². The Kier molecular flexibility index (Phi) is 4.60. The molecule has 8 heteroatoms. The number of aryl methyl sites for hydroxylation is 1. The van der Waals surface area contributed by atoms with Crippen molar-refractivity contribution in [2.75, 3.05) is 18.4 Å². The van der Waals surface area contributed by atoms with E-state index in [1.807, 2.05) is 60.5 Å². The molecule has 1 saturated heterocycles. The van der Waals surface area contributed by atoms with Crippen LogP contribution in [0.4, 0.5) is 5.95 Å². The molecule has 0 bridgehead atoms. The van der Waals surface area contributed by atoms with Gasteiger partial charge in [0.1, 0.15) is 0 Å². The highest BCUT2D eigenvalue weighted by molar-refractivity contribution is 5.98. The molecule has 2 aliphatic rings. The molecule has 1 N–H and O–H groups in total.